The van der Waals surface area contributed by atoms with Crippen molar-refractivity contribution in [3.8, 4) is 17.3 Å². The Kier molecular flexibility index (Phi) is 2.79. The van der Waals surface area contributed by atoms with Gasteiger partial charge in [-0.05, 0) is 25.1 Å². The minimum Gasteiger partial charge on any atom is -0.330 e. The summed E-state index contributed by atoms with van der Waals surface area (Å²) in [5, 5.41) is 9.43. The predicted molar refractivity (Wildman–Crippen MR) is 95.5 cm³/mol. The lowest BCUT2D eigenvalue weighted by Gasteiger charge is -2.02. The Morgan fingerprint density at radius 3 is 2.28 bits per heavy atom. The normalized spacial score (nSPS) is 11.6. The van der Waals surface area contributed by atoms with Gasteiger partial charge in [-0.15, -0.1) is 0 Å². The van der Waals surface area contributed by atoms with Crippen molar-refractivity contribution in [3.05, 3.63) is 54.9 Å². The van der Waals surface area contributed by atoms with Crippen LogP contribution in [-0.4, -0.2) is 34.3 Å². The van der Waals surface area contributed by atoms with Crippen LogP contribution in [-0.2, 0) is 7.05 Å². The van der Waals surface area contributed by atoms with E-state index in [9.17, 15) is 0 Å². The maximum Gasteiger partial charge on any atom is 0.162 e. The van der Waals surface area contributed by atoms with Crippen LogP contribution in [0.3, 0.4) is 0 Å². The number of nitrogens with one attached hydrogen (secondary N) is 1. The van der Waals surface area contributed by atoms with Gasteiger partial charge in [0.25, 0.3) is 0 Å². The van der Waals surface area contributed by atoms with E-state index in [0.717, 1.165) is 44.8 Å². The maximum absolute atomic E-state index is 4.84. The van der Waals surface area contributed by atoms with Crippen molar-refractivity contribution in [2.24, 2.45) is 7.05 Å². The number of nitrogens with zero attached hydrogens (tertiary/aromatic N) is 6. The standard InChI is InChI=1S/C18H15N7/c1-11-7-14(23-22-11)18-21-17(10-24(18)2)25-15-3-5-19-8-12(15)13-9-20-6-4-16(13)25/h3-10H,1-2H3,(H,22,23). The van der Waals surface area contributed by atoms with E-state index in [1.165, 1.54) is 0 Å². The van der Waals surface area contributed by atoms with Crippen LogP contribution in [0, 0.1) is 6.92 Å². The number of aromatic amines is 1. The summed E-state index contributed by atoms with van der Waals surface area (Å²) in [7, 11) is 1.98. The van der Waals surface area contributed by atoms with Gasteiger partial charge in [-0.1, -0.05) is 0 Å². The molecule has 7 nitrogen and oxygen atoms in total. The zero-order valence-corrected chi connectivity index (χ0v) is 13.8. The van der Waals surface area contributed by atoms with Crippen LogP contribution in [0.15, 0.2) is 49.2 Å². The maximum atomic E-state index is 4.84. The quantitative estimate of drug-likeness (QED) is 0.540. The summed E-state index contributed by atoms with van der Waals surface area (Å²) in [5.41, 5.74) is 3.95. The van der Waals surface area contributed by atoms with E-state index in [-0.39, 0.29) is 0 Å². The number of aromatic nitrogens is 7. The monoisotopic (exact) mass is 329 g/mol. The minimum absolute atomic E-state index is 0.817. The molecule has 7 heteroatoms. The van der Waals surface area contributed by atoms with Gasteiger partial charge >= 0.3 is 0 Å². The van der Waals surface area contributed by atoms with E-state index in [4.69, 9.17) is 4.98 Å². The van der Waals surface area contributed by atoms with Crippen LogP contribution in [0.4, 0.5) is 0 Å². The van der Waals surface area contributed by atoms with Crippen molar-refractivity contribution in [2.45, 2.75) is 6.92 Å². The first kappa shape index (κ1) is 13.9. The van der Waals surface area contributed by atoms with Crippen LogP contribution in [0.2, 0.25) is 0 Å². The van der Waals surface area contributed by atoms with Crippen LogP contribution in [0.5, 0.6) is 0 Å². The summed E-state index contributed by atoms with van der Waals surface area (Å²) in [6, 6.07) is 6.00. The summed E-state index contributed by atoms with van der Waals surface area (Å²) in [4.78, 5) is 13.4. The van der Waals surface area contributed by atoms with Crippen molar-refractivity contribution >= 4 is 21.8 Å². The molecule has 0 atom stereocenters. The molecule has 0 fully saturated rings. The van der Waals surface area contributed by atoms with Gasteiger partial charge in [0.2, 0.25) is 0 Å². The topological polar surface area (TPSA) is 77.2 Å². The van der Waals surface area contributed by atoms with E-state index >= 15 is 0 Å². The molecule has 0 bridgehead atoms. The summed E-state index contributed by atoms with van der Waals surface area (Å²) >= 11 is 0. The molecule has 5 aromatic rings. The fourth-order valence-corrected chi connectivity index (χ4v) is 3.28. The Hall–Kier alpha value is -3.48. The smallest absolute Gasteiger partial charge is 0.162 e. The fraction of sp³-hybridized carbons (Fsp3) is 0.111. The molecule has 0 saturated heterocycles. The fourth-order valence-electron chi connectivity index (χ4n) is 3.28. The Morgan fingerprint density at radius 2 is 1.68 bits per heavy atom. The molecule has 0 saturated carbocycles. The molecule has 0 radical (unpaired) electrons. The number of aryl methyl sites for hydroxylation is 2. The second-order valence-corrected chi connectivity index (χ2v) is 6.09. The zero-order chi connectivity index (χ0) is 17.0. The van der Waals surface area contributed by atoms with E-state index < -0.39 is 0 Å². The average molecular weight is 329 g/mol. The van der Waals surface area contributed by atoms with E-state index in [0.29, 0.717) is 0 Å². The Morgan fingerprint density at radius 1 is 1.00 bits per heavy atom. The second-order valence-electron chi connectivity index (χ2n) is 6.09. The van der Waals surface area contributed by atoms with Crippen molar-refractivity contribution in [3.63, 3.8) is 0 Å². The van der Waals surface area contributed by atoms with Crippen molar-refractivity contribution in [2.75, 3.05) is 0 Å². The molecule has 122 valence electrons. The van der Waals surface area contributed by atoms with Gasteiger partial charge in [0.15, 0.2) is 11.6 Å². The number of H-pyrrole nitrogens is 1. The highest BCUT2D eigenvalue weighted by molar-refractivity contribution is 6.08. The number of rotatable bonds is 2. The average Bonchev–Trinajstić information content (AvgIpc) is 3.30. The molecule has 25 heavy (non-hydrogen) atoms. The lowest BCUT2D eigenvalue weighted by Crippen LogP contribution is -1.94. The third-order valence-corrected chi connectivity index (χ3v) is 4.40. The highest BCUT2D eigenvalue weighted by atomic mass is 15.2. The SMILES string of the molecule is Cc1cc(-c2nc(-n3c4ccncc4c4cnccc43)cn2C)n[nH]1. The molecule has 0 amide bonds. The number of fused-ring (bicyclic) bond motifs is 3. The van der Waals surface area contributed by atoms with Gasteiger partial charge in [-0.3, -0.25) is 19.6 Å². The third kappa shape index (κ3) is 1.99. The first-order chi connectivity index (χ1) is 12.2. The number of imidazole rings is 1. The van der Waals surface area contributed by atoms with Gasteiger partial charge in [0.1, 0.15) is 5.69 Å². The molecule has 5 rings (SSSR count). The lowest BCUT2D eigenvalue weighted by molar-refractivity contribution is 0.912. The highest BCUT2D eigenvalue weighted by Crippen LogP contribution is 2.31. The molecule has 0 aliphatic carbocycles. The third-order valence-electron chi connectivity index (χ3n) is 4.40. The van der Waals surface area contributed by atoms with Crippen LogP contribution in [0.25, 0.3) is 39.1 Å². The highest BCUT2D eigenvalue weighted by Gasteiger charge is 2.17. The van der Waals surface area contributed by atoms with Gasteiger partial charge in [-0.2, -0.15) is 5.10 Å². The molecule has 0 aliphatic heterocycles. The molecule has 0 spiro atoms. The number of hydrogen-bond donors (Lipinski definition) is 1. The van der Waals surface area contributed by atoms with Crippen molar-refractivity contribution in [1.82, 2.24) is 34.3 Å². The molecule has 1 N–H and O–H groups in total. The Bertz CT molecular complexity index is 1170. The molecular weight excluding hydrogens is 314 g/mol. The summed E-state index contributed by atoms with van der Waals surface area (Å²) in [6.45, 7) is 1.98. The van der Waals surface area contributed by atoms with Gasteiger partial charge in [0, 0.05) is 54.5 Å². The minimum atomic E-state index is 0.817. The van der Waals surface area contributed by atoms with Crippen molar-refractivity contribution in [1.29, 1.82) is 0 Å². The predicted octanol–water partition coefficient (Wildman–Crippen LogP) is 3.01. The van der Waals surface area contributed by atoms with Crippen LogP contribution >= 0.6 is 0 Å². The first-order valence-corrected chi connectivity index (χ1v) is 7.96. The Balaban J connectivity index is 1.81. The molecule has 0 aromatic carbocycles. The summed E-state index contributed by atoms with van der Waals surface area (Å²) in [6.07, 6.45) is 9.35. The zero-order valence-electron chi connectivity index (χ0n) is 13.8. The second kappa shape index (κ2) is 5.01. The van der Waals surface area contributed by atoms with E-state index in [1.807, 2.05) is 55.3 Å². The summed E-state index contributed by atoms with van der Waals surface area (Å²) < 4.78 is 4.13. The molecule has 0 aliphatic rings. The van der Waals surface area contributed by atoms with Gasteiger partial charge in [-0.25, -0.2) is 4.98 Å². The van der Waals surface area contributed by atoms with Crippen LogP contribution in [0.1, 0.15) is 5.69 Å². The molecule has 5 aromatic heterocycles. The van der Waals surface area contributed by atoms with Crippen molar-refractivity contribution < 1.29 is 0 Å². The largest absolute Gasteiger partial charge is 0.330 e. The lowest BCUT2D eigenvalue weighted by atomic mass is 10.2. The number of hydrogen-bond acceptors (Lipinski definition) is 4. The first-order valence-electron chi connectivity index (χ1n) is 7.96. The van der Waals surface area contributed by atoms with Gasteiger partial charge in [0.05, 0.1) is 11.0 Å². The van der Waals surface area contributed by atoms with Crippen LogP contribution < -0.4 is 0 Å². The van der Waals surface area contributed by atoms with E-state index in [1.54, 1.807) is 12.4 Å². The molecule has 5 heterocycles. The molecule has 0 unspecified atom stereocenters. The van der Waals surface area contributed by atoms with E-state index in [2.05, 4.69) is 24.7 Å². The summed E-state index contributed by atoms with van der Waals surface area (Å²) in [5.74, 6) is 1.66. The van der Waals surface area contributed by atoms with Gasteiger partial charge < -0.3 is 4.57 Å². The number of pyridine rings is 2. The Labute approximate surface area is 143 Å². The molecular formula is C18H15N7.